The molecule has 106 valence electrons. The highest BCUT2D eigenvalue weighted by Gasteiger charge is 2.24. The normalized spacial score (nSPS) is 18.3. The Hall–Kier alpha value is -0.740. The number of ether oxygens (including phenoxy) is 1. The Labute approximate surface area is 118 Å². The predicted molar refractivity (Wildman–Crippen MR) is 79.4 cm³/mol. The van der Waals surface area contributed by atoms with Gasteiger partial charge in [-0.15, -0.1) is 0 Å². The van der Waals surface area contributed by atoms with Crippen LogP contribution in [0.1, 0.15) is 31.2 Å². The number of rotatable bonds is 5. The minimum atomic E-state index is -0.275. The molecule has 0 aliphatic carbocycles. The summed E-state index contributed by atoms with van der Waals surface area (Å²) in [5.74, 6) is 3.31. The molecule has 1 unspecified atom stereocenters. The molecular weight excluding hydrogens is 261 g/mol. The Bertz CT molecular complexity index is 407. The Balaban J connectivity index is 2.15. The van der Waals surface area contributed by atoms with Gasteiger partial charge >= 0.3 is 0 Å². The molecule has 0 saturated carbocycles. The van der Waals surface area contributed by atoms with Crippen LogP contribution in [0.2, 0.25) is 0 Å². The van der Waals surface area contributed by atoms with Crippen molar-refractivity contribution in [1.29, 1.82) is 0 Å². The highest BCUT2D eigenvalue weighted by molar-refractivity contribution is 7.99. The van der Waals surface area contributed by atoms with Crippen molar-refractivity contribution in [2.75, 3.05) is 24.7 Å². The molecule has 4 heteroatoms. The van der Waals surface area contributed by atoms with E-state index in [1.165, 1.54) is 24.3 Å². The molecular formula is C15H22FNOS. The van der Waals surface area contributed by atoms with Crippen LogP contribution in [0.15, 0.2) is 18.2 Å². The molecule has 1 aliphatic heterocycles. The first-order valence-electron chi connectivity index (χ1n) is 6.96. The summed E-state index contributed by atoms with van der Waals surface area (Å²) in [6.07, 6.45) is 2.36. The van der Waals surface area contributed by atoms with E-state index in [4.69, 9.17) is 10.5 Å². The van der Waals surface area contributed by atoms with E-state index in [-0.39, 0.29) is 11.7 Å². The van der Waals surface area contributed by atoms with E-state index in [1.54, 1.807) is 12.1 Å². The van der Waals surface area contributed by atoms with Crippen molar-refractivity contribution in [3.05, 3.63) is 29.6 Å². The van der Waals surface area contributed by atoms with E-state index in [1.807, 2.05) is 24.8 Å². The van der Waals surface area contributed by atoms with Gasteiger partial charge in [-0.3, -0.25) is 0 Å². The van der Waals surface area contributed by atoms with Crippen molar-refractivity contribution in [3.8, 4) is 5.75 Å². The molecule has 0 amide bonds. The molecule has 1 saturated heterocycles. The number of nitrogens with two attached hydrogens (primary N) is 1. The van der Waals surface area contributed by atoms with Gasteiger partial charge in [-0.25, -0.2) is 4.39 Å². The summed E-state index contributed by atoms with van der Waals surface area (Å²) >= 11 is 2.00. The van der Waals surface area contributed by atoms with Gasteiger partial charge in [-0.1, -0.05) is 6.07 Å². The fourth-order valence-electron chi connectivity index (χ4n) is 2.74. The highest BCUT2D eigenvalue weighted by Crippen LogP contribution is 2.35. The summed E-state index contributed by atoms with van der Waals surface area (Å²) in [6, 6.07) is 5.30. The zero-order chi connectivity index (χ0) is 13.7. The summed E-state index contributed by atoms with van der Waals surface area (Å²) < 4.78 is 19.2. The fourth-order valence-corrected chi connectivity index (χ4v) is 3.88. The van der Waals surface area contributed by atoms with Crippen LogP contribution >= 0.6 is 11.8 Å². The average molecular weight is 283 g/mol. The average Bonchev–Trinajstić information content (AvgIpc) is 2.44. The SMILES string of the molecule is CCOc1ccc(C(CN)C2CCSCC2)cc1F. The standard InChI is InChI=1S/C15H22FNOS/c1-2-18-15-4-3-12(9-14(15)16)13(10-17)11-5-7-19-8-6-11/h3-4,9,11,13H,2,5-8,10,17H2,1H3. The van der Waals surface area contributed by atoms with Gasteiger partial charge in [0, 0.05) is 0 Å². The van der Waals surface area contributed by atoms with E-state index < -0.39 is 0 Å². The number of hydrogen-bond donors (Lipinski definition) is 1. The molecule has 1 heterocycles. The van der Waals surface area contributed by atoms with Crippen molar-refractivity contribution < 1.29 is 9.13 Å². The molecule has 19 heavy (non-hydrogen) atoms. The molecule has 0 aromatic heterocycles. The summed E-state index contributed by atoms with van der Waals surface area (Å²) in [6.45, 7) is 2.93. The van der Waals surface area contributed by atoms with Crippen LogP contribution in [0, 0.1) is 11.7 Å². The molecule has 0 radical (unpaired) electrons. The maximum Gasteiger partial charge on any atom is 0.165 e. The summed E-state index contributed by atoms with van der Waals surface area (Å²) in [7, 11) is 0. The number of benzene rings is 1. The zero-order valence-corrected chi connectivity index (χ0v) is 12.2. The Kier molecular flexibility index (Phi) is 5.52. The van der Waals surface area contributed by atoms with E-state index in [9.17, 15) is 4.39 Å². The molecule has 1 aromatic rings. The predicted octanol–water partition coefficient (Wildman–Crippen LogP) is 3.41. The minimum absolute atomic E-state index is 0.270. The van der Waals surface area contributed by atoms with Crippen molar-refractivity contribution in [3.63, 3.8) is 0 Å². The first-order valence-corrected chi connectivity index (χ1v) is 8.11. The van der Waals surface area contributed by atoms with Crippen LogP contribution < -0.4 is 10.5 Å². The molecule has 0 spiro atoms. The van der Waals surface area contributed by atoms with Gasteiger partial charge in [0.25, 0.3) is 0 Å². The molecule has 0 bridgehead atoms. The lowest BCUT2D eigenvalue weighted by Crippen LogP contribution is -2.25. The number of halogens is 1. The Morgan fingerprint density at radius 1 is 1.42 bits per heavy atom. The Morgan fingerprint density at radius 3 is 2.74 bits per heavy atom. The lowest BCUT2D eigenvalue weighted by molar-refractivity contribution is 0.320. The monoisotopic (exact) mass is 283 g/mol. The summed E-state index contributed by atoms with van der Waals surface area (Å²) in [4.78, 5) is 0. The van der Waals surface area contributed by atoms with E-state index in [2.05, 4.69) is 0 Å². The van der Waals surface area contributed by atoms with Crippen molar-refractivity contribution in [1.82, 2.24) is 0 Å². The molecule has 1 aromatic carbocycles. The van der Waals surface area contributed by atoms with Gasteiger partial charge in [-0.05, 0) is 67.3 Å². The first-order chi connectivity index (χ1) is 9.26. The van der Waals surface area contributed by atoms with Crippen LogP contribution in [-0.4, -0.2) is 24.7 Å². The Morgan fingerprint density at radius 2 is 2.16 bits per heavy atom. The maximum atomic E-state index is 13.9. The van der Waals surface area contributed by atoms with Gasteiger partial charge in [-0.2, -0.15) is 11.8 Å². The topological polar surface area (TPSA) is 35.2 Å². The molecule has 1 aliphatic rings. The van der Waals surface area contributed by atoms with Crippen molar-refractivity contribution in [2.45, 2.75) is 25.7 Å². The second-order valence-electron chi connectivity index (χ2n) is 4.91. The van der Waals surface area contributed by atoms with Gasteiger partial charge in [0.05, 0.1) is 6.61 Å². The largest absolute Gasteiger partial charge is 0.491 e. The lowest BCUT2D eigenvalue weighted by atomic mass is 9.82. The van der Waals surface area contributed by atoms with Crippen molar-refractivity contribution >= 4 is 11.8 Å². The first kappa shape index (κ1) is 14.7. The minimum Gasteiger partial charge on any atom is -0.491 e. The third kappa shape index (κ3) is 3.63. The fraction of sp³-hybridized carbons (Fsp3) is 0.600. The van der Waals surface area contributed by atoms with Crippen molar-refractivity contribution in [2.24, 2.45) is 11.7 Å². The van der Waals surface area contributed by atoms with Gasteiger partial charge in [0.15, 0.2) is 11.6 Å². The van der Waals surface area contributed by atoms with E-state index >= 15 is 0 Å². The lowest BCUT2D eigenvalue weighted by Gasteiger charge is -2.29. The maximum absolute atomic E-state index is 13.9. The third-order valence-corrected chi connectivity index (χ3v) is 4.82. The van der Waals surface area contributed by atoms with Crippen LogP contribution in [0.4, 0.5) is 4.39 Å². The van der Waals surface area contributed by atoms with Gasteiger partial charge in [0.1, 0.15) is 0 Å². The molecule has 2 nitrogen and oxygen atoms in total. The quantitative estimate of drug-likeness (QED) is 0.899. The highest BCUT2D eigenvalue weighted by atomic mass is 32.2. The third-order valence-electron chi connectivity index (χ3n) is 3.77. The van der Waals surface area contributed by atoms with Gasteiger partial charge < -0.3 is 10.5 Å². The van der Waals surface area contributed by atoms with E-state index in [0.717, 1.165) is 5.56 Å². The second kappa shape index (κ2) is 7.15. The number of hydrogen-bond acceptors (Lipinski definition) is 3. The second-order valence-corrected chi connectivity index (χ2v) is 6.14. The summed E-state index contributed by atoms with van der Waals surface area (Å²) in [5.41, 5.74) is 6.94. The van der Waals surface area contributed by atoms with Gasteiger partial charge in [0.2, 0.25) is 0 Å². The molecule has 1 fully saturated rings. The zero-order valence-electron chi connectivity index (χ0n) is 11.4. The van der Waals surface area contributed by atoms with Crippen LogP contribution in [0.3, 0.4) is 0 Å². The van der Waals surface area contributed by atoms with Crippen LogP contribution in [-0.2, 0) is 0 Å². The number of thioether (sulfide) groups is 1. The molecule has 1 atom stereocenters. The van der Waals surface area contributed by atoms with E-state index in [0.29, 0.717) is 24.8 Å². The smallest absolute Gasteiger partial charge is 0.165 e. The van der Waals surface area contributed by atoms with Crippen LogP contribution in [0.5, 0.6) is 5.75 Å². The summed E-state index contributed by atoms with van der Waals surface area (Å²) in [5, 5.41) is 0. The molecule has 2 rings (SSSR count). The molecule has 2 N–H and O–H groups in total. The van der Waals surface area contributed by atoms with Crippen LogP contribution in [0.25, 0.3) is 0 Å².